The molecule has 0 spiro atoms. The molecule has 14 heavy (non-hydrogen) atoms. The summed E-state index contributed by atoms with van der Waals surface area (Å²) in [4.78, 5) is 13.3. The zero-order valence-electron chi connectivity index (χ0n) is 7.44. The number of aliphatic hydroxyl groups excluding tert-OH is 1. The smallest absolute Gasteiger partial charge is 0.267 e. The van der Waals surface area contributed by atoms with Gasteiger partial charge in [0.1, 0.15) is 10.7 Å². The SMILES string of the molecule is O=C(c1sccc1F)N1CCC(O)C1. The Bertz CT molecular complexity index is 352. The third kappa shape index (κ3) is 1.65. The second kappa shape index (κ2) is 3.67. The van der Waals surface area contributed by atoms with Gasteiger partial charge in [0.25, 0.3) is 5.91 Å². The predicted molar refractivity (Wildman–Crippen MR) is 50.8 cm³/mol. The van der Waals surface area contributed by atoms with E-state index in [1.54, 1.807) is 5.38 Å². The summed E-state index contributed by atoms with van der Waals surface area (Å²) in [7, 11) is 0. The Hall–Kier alpha value is -0.940. The Labute approximate surface area is 84.8 Å². The number of nitrogens with zero attached hydrogens (tertiary/aromatic N) is 1. The van der Waals surface area contributed by atoms with E-state index in [1.165, 1.54) is 11.0 Å². The number of halogens is 1. The molecule has 3 nitrogen and oxygen atoms in total. The summed E-state index contributed by atoms with van der Waals surface area (Å²) < 4.78 is 13.1. The molecule has 1 N–H and O–H groups in total. The Morgan fingerprint density at radius 1 is 1.71 bits per heavy atom. The molecule has 1 fully saturated rings. The van der Waals surface area contributed by atoms with Crippen LogP contribution in [0.3, 0.4) is 0 Å². The fourth-order valence-electron chi connectivity index (χ4n) is 1.52. The Morgan fingerprint density at radius 2 is 2.50 bits per heavy atom. The minimum Gasteiger partial charge on any atom is -0.391 e. The van der Waals surface area contributed by atoms with Gasteiger partial charge in [0, 0.05) is 13.1 Å². The number of hydrogen-bond acceptors (Lipinski definition) is 3. The largest absolute Gasteiger partial charge is 0.391 e. The molecule has 5 heteroatoms. The lowest BCUT2D eigenvalue weighted by Gasteiger charge is -2.13. The first kappa shape index (κ1) is 9.61. The number of β-amino-alcohol motifs (C(OH)–C–C–N with tert-alkyl or cyclic N) is 1. The van der Waals surface area contributed by atoms with Gasteiger partial charge in [0.2, 0.25) is 0 Å². The fraction of sp³-hybridized carbons (Fsp3) is 0.444. The lowest BCUT2D eigenvalue weighted by molar-refractivity contribution is 0.0765. The highest BCUT2D eigenvalue weighted by Gasteiger charge is 2.27. The molecule has 76 valence electrons. The number of amides is 1. The van der Waals surface area contributed by atoms with E-state index in [2.05, 4.69) is 0 Å². The minimum atomic E-state index is -0.471. The Balaban J connectivity index is 2.13. The van der Waals surface area contributed by atoms with Crippen molar-refractivity contribution < 1.29 is 14.3 Å². The van der Waals surface area contributed by atoms with Gasteiger partial charge in [-0.1, -0.05) is 0 Å². The minimum absolute atomic E-state index is 0.138. The molecule has 0 aliphatic carbocycles. The molecule has 1 aromatic heterocycles. The van der Waals surface area contributed by atoms with Gasteiger partial charge in [0.15, 0.2) is 0 Å². The molecule has 1 unspecified atom stereocenters. The van der Waals surface area contributed by atoms with Crippen LogP contribution in [0.5, 0.6) is 0 Å². The maximum atomic E-state index is 13.1. The number of carbonyl (C=O) groups is 1. The van der Waals surface area contributed by atoms with E-state index < -0.39 is 11.9 Å². The summed E-state index contributed by atoms with van der Waals surface area (Å²) >= 11 is 1.10. The molecule has 1 amide bonds. The summed E-state index contributed by atoms with van der Waals surface area (Å²) in [5, 5.41) is 10.8. The van der Waals surface area contributed by atoms with E-state index in [-0.39, 0.29) is 10.8 Å². The summed E-state index contributed by atoms with van der Waals surface area (Å²) in [5.41, 5.74) is 0. The topological polar surface area (TPSA) is 40.5 Å². The molecular formula is C9H10FNO2S. The van der Waals surface area contributed by atoms with Crippen molar-refractivity contribution in [1.29, 1.82) is 0 Å². The molecule has 0 saturated carbocycles. The van der Waals surface area contributed by atoms with Crippen LogP contribution in [0, 0.1) is 5.82 Å². The number of likely N-dealkylation sites (tertiary alicyclic amines) is 1. The van der Waals surface area contributed by atoms with Gasteiger partial charge in [-0.15, -0.1) is 11.3 Å². The maximum absolute atomic E-state index is 13.1. The van der Waals surface area contributed by atoms with E-state index in [4.69, 9.17) is 0 Å². The number of aliphatic hydroxyl groups is 1. The van der Waals surface area contributed by atoms with E-state index in [1.807, 2.05) is 0 Å². The first-order valence-corrected chi connectivity index (χ1v) is 5.27. The fourth-order valence-corrected chi connectivity index (χ4v) is 2.25. The maximum Gasteiger partial charge on any atom is 0.267 e. The quantitative estimate of drug-likeness (QED) is 0.762. The van der Waals surface area contributed by atoms with Crippen LogP contribution in [0.15, 0.2) is 11.4 Å². The number of carbonyl (C=O) groups excluding carboxylic acids is 1. The Morgan fingerprint density at radius 3 is 3.00 bits per heavy atom. The average Bonchev–Trinajstić information content (AvgIpc) is 2.73. The molecule has 0 radical (unpaired) electrons. The van der Waals surface area contributed by atoms with Crippen molar-refractivity contribution in [2.75, 3.05) is 13.1 Å². The van der Waals surface area contributed by atoms with Crippen molar-refractivity contribution in [1.82, 2.24) is 4.90 Å². The summed E-state index contributed by atoms with van der Waals surface area (Å²) in [6, 6.07) is 1.28. The average molecular weight is 215 g/mol. The van der Waals surface area contributed by atoms with Crippen LogP contribution in [-0.4, -0.2) is 35.1 Å². The molecular weight excluding hydrogens is 205 g/mol. The van der Waals surface area contributed by atoms with Crippen LogP contribution < -0.4 is 0 Å². The molecule has 1 saturated heterocycles. The van der Waals surface area contributed by atoms with E-state index in [9.17, 15) is 14.3 Å². The zero-order valence-corrected chi connectivity index (χ0v) is 8.26. The molecule has 1 atom stereocenters. The monoisotopic (exact) mass is 215 g/mol. The third-order valence-electron chi connectivity index (χ3n) is 2.26. The van der Waals surface area contributed by atoms with Crippen molar-refractivity contribution in [3.05, 3.63) is 22.1 Å². The Kier molecular flexibility index (Phi) is 2.52. The van der Waals surface area contributed by atoms with Crippen LogP contribution >= 0.6 is 11.3 Å². The van der Waals surface area contributed by atoms with Gasteiger partial charge in [-0.3, -0.25) is 4.79 Å². The van der Waals surface area contributed by atoms with Crippen molar-refractivity contribution in [2.45, 2.75) is 12.5 Å². The lowest BCUT2D eigenvalue weighted by Crippen LogP contribution is -2.29. The van der Waals surface area contributed by atoms with Gasteiger partial charge in [-0.05, 0) is 17.9 Å². The van der Waals surface area contributed by atoms with Gasteiger partial charge in [0.05, 0.1) is 6.10 Å². The zero-order chi connectivity index (χ0) is 10.1. The second-order valence-corrected chi connectivity index (χ2v) is 4.21. The van der Waals surface area contributed by atoms with Gasteiger partial charge < -0.3 is 10.0 Å². The normalized spacial score (nSPS) is 21.6. The molecule has 0 bridgehead atoms. The predicted octanol–water partition coefficient (Wildman–Crippen LogP) is 1.09. The van der Waals surface area contributed by atoms with Gasteiger partial charge >= 0.3 is 0 Å². The van der Waals surface area contributed by atoms with E-state index in [0.717, 1.165) is 11.3 Å². The van der Waals surface area contributed by atoms with Crippen LogP contribution in [-0.2, 0) is 0 Å². The molecule has 1 aromatic rings. The third-order valence-corrected chi connectivity index (χ3v) is 3.14. The van der Waals surface area contributed by atoms with Crippen LogP contribution in [0.1, 0.15) is 16.1 Å². The van der Waals surface area contributed by atoms with Crippen molar-refractivity contribution in [3.8, 4) is 0 Å². The molecule has 1 aliphatic rings. The van der Waals surface area contributed by atoms with Crippen molar-refractivity contribution >= 4 is 17.2 Å². The number of rotatable bonds is 1. The second-order valence-electron chi connectivity index (χ2n) is 3.29. The molecule has 1 aliphatic heterocycles. The number of hydrogen-bond donors (Lipinski definition) is 1. The van der Waals surface area contributed by atoms with Crippen LogP contribution in [0.25, 0.3) is 0 Å². The lowest BCUT2D eigenvalue weighted by atomic mass is 10.3. The van der Waals surface area contributed by atoms with Gasteiger partial charge in [-0.2, -0.15) is 0 Å². The van der Waals surface area contributed by atoms with Crippen LogP contribution in [0.4, 0.5) is 4.39 Å². The summed E-state index contributed by atoms with van der Waals surface area (Å²) in [6.45, 7) is 0.827. The van der Waals surface area contributed by atoms with E-state index >= 15 is 0 Å². The molecule has 2 rings (SSSR count). The standard InChI is InChI=1S/C9H10FNO2S/c10-7-2-4-14-8(7)9(13)11-3-1-6(12)5-11/h2,4,6,12H,1,3,5H2. The highest BCUT2D eigenvalue weighted by Crippen LogP contribution is 2.20. The van der Waals surface area contributed by atoms with Crippen LogP contribution in [0.2, 0.25) is 0 Å². The molecule has 0 aromatic carbocycles. The number of thiophene rings is 1. The van der Waals surface area contributed by atoms with E-state index in [0.29, 0.717) is 19.5 Å². The van der Waals surface area contributed by atoms with Gasteiger partial charge in [-0.25, -0.2) is 4.39 Å². The first-order chi connectivity index (χ1) is 6.68. The highest BCUT2D eigenvalue weighted by atomic mass is 32.1. The van der Waals surface area contributed by atoms with Crippen molar-refractivity contribution in [3.63, 3.8) is 0 Å². The first-order valence-electron chi connectivity index (χ1n) is 4.39. The summed E-state index contributed by atoms with van der Waals surface area (Å²) in [5.74, 6) is -0.782. The highest BCUT2D eigenvalue weighted by molar-refractivity contribution is 7.12. The molecule has 2 heterocycles. The van der Waals surface area contributed by atoms with Crippen molar-refractivity contribution in [2.24, 2.45) is 0 Å². The summed E-state index contributed by atoms with van der Waals surface area (Å²) in [6.07, 6.45) is 0.126.